The number of hydrogen-bond acceptors (Lipinski definition) is 4. The van der Waals surface area contributed by atoms with Crippen LogP contribution >= 0.6 is 0 Å². The van der Waals surface area contributed by atoms with Crippen LogP contribution in [0.25, 0.3) is 0 Å². The van der Waals surface area contributed by atoms with Crippen molar-refractivity contribution in [2.24, 2.45) is 0 Å². The van der Waals surface area contributed by atoms with E-state index in [0.29, 0.717) is 19.4 Å². The topological polar surface area (TPSA) is 50.8 Å². The maximum atomic E-state index is 12.3. The van der Waals surface area contributed by atoms with E-state index in [1.54, 1.807) is 0 Å². The van der Waals surface area contributed by atoms with Gasteiger partial charge in [-0.1, -0.05) is 18.2 Å². The Hall–Kier alpha value is -2.53. The predicted molar refractivity (Wildman–Crippen MR) is 104 cm³/mol. The van der Waals surface area contributed by atoms with Gasteiger partial charge in [-0.15, -0.1) is 0 Å². The monoisotopic (exact) mass is 354 g/mol. The Labute approximate surface area is 154 Å². The first kappa shape index (κ1) is 18.3. The summed E-state index contributed by atoms with van der Waals surface area (Å²) >= 11 is 0. The second-order valence-electron chi connectivity index (χ2n) is 6.27. The summed E-state index contributed by atoms with van der Waals surface area (Å²) in [7, 11) is 0. The van der Waals surface area contributed by atoms with Crippen LogP contribution in [0.5, 0.6) is 5.75 Å². The first-order valence-corrected chi connectivity index (χ1v) is 9.19. The highest BCUT2D eigenvalue weighted by atomic mass is 16.5. The smallest absolute Gasteiger partial charge is 0.224 e. The standard InChI is InChI=1S/C21H26N2O3/c1-2-26-20-9-6-17(7-10-20)8-11-21(24)22-18-4-3-5-19(16-18)23-12-14-25-15-13-23/h3-7,9-10,16H,2,8,11-15H2,1H3,(H,22,24). The maximum Gasteiger partial charge on any atom is 0.224 e. The molecule has 0 aromatic heterocycles. The average molecular weight is 354 g/mol. The molecule has 0 saturated carbocycles. The van der Waals surface area contributed by atoms with E-state index in [1.165, 1.54) is 0 Å². The average Bonchev–Trinajstić information content (AvgIpc) is 2.69. The van der Waals surface area contributed by atoms with Crippen LogP contribution < -0.4 is 15.0 Å². The van der Waals surface area contributed by atoms with Gasteiger partial charge in [0.1, 0.15) is 5.75 Å². The molecule has 2 aromatic carbocycles. The Bertz CT molecular complexity index is 709. The van der Waals surface area contributed by atoms with Crippen LogP contribution in [0.2, 0.25) is 0 Å². The van der Waals surface area contributed by atoms with Crippen molar-refractivity contribution in [3.8, 4) is 5.75 Å². The number of morpholine rings is 1. The number of ether oxygens (including phenoxy) is 2. The summed E-state index contributed by atoms with van der Waals surface area (Å²) in [6.07, 6.45) is 1.16. The van der Waals surface area contributed by atoms with E-state index in [2.05, 4.69) is 16.3 Å². The van der Waals surface area contributed by atoms with Gasteiger partial charge in [0.25, 0.3) is 0 Å². The van der Waals surface area contributed by atoms with Crippen LogP contribution in [-0.4, -0.2) is 38.8 Å². The van der Waals surface area contributed by atoms with Crippen LogP contribution in [0, 0.1) is 0 Å². The van der Waals surface area contributed by atoms with Gasteiger partial charge in [0.2, 0.25) is 5.91 Å². The first-order chi connectivity index (χ1) is 12.7. The van der Waals surface area contributed by atoms with Gasteiger partial charge in [0, 0.05) is 30.9 Å². The number of aryl methyl sites for hydroxylation is 1. The van der Waals surface area contributed by atoms with Crippen LogP contribution in [-0.2, 0) is 16.0 Å². The number of nitrogens with one attached hydrogen (secondary N) is 1. The fraction of sp³-hybridized carbons (Fsp3) is 0.381. The summed E-state index contributed by atoms with van der Waals surface area (Å²) < 4.78 is 10.8. The minimum absolute atomic E-state index is 0.0259. The van der Waals surface area contributed by atoms with Crippen molar-refractivity contribution in [2.45, 2.75) is 19.8 Å². The zero-order valence-corrected chi connectivity index (χ0v) is 15.2. The summed E-state index contributed by atoms with van der Waals surface area (Å²) in [4.78, 5) is 14.6. The highest BCUT2D eigenvalue weighted by Gasteiger charge is 2.12. The highest BCUT2D eigenvalue weighted by Crippen LogP contribution is 2.21. The molecule has 5 nitrogen and oxygen atoms in total. The number of carbonyl (C=O) groups is 1. The first-order valence-electron chi connectivity index (χ1n) is 9.19. The van der Waals surface area contributed by atoms with Crippen molar-refractivity contribution in [1.29, 1.82) is 0 Å². The molecule has 1 N–H and O–H groups in total. The lowest BCUT2D eigenvalue weighted by atomic mass is 10.1. The Morgan fingerprint density at radius 2 is 1.92 bits per heavy atom. The van der Waals surface area contributed by atoms with E-state index in [4.69, 9.17) is 9.47 Å². The summed E-state index contributed by atoms with van der Waals surface area (Å²) in [6, 6.07) is 15.9. The molecule has 2 aromatic rings. The lowest BCUT2D eigenvalue weighted by molar-refractivity contribution is -0.116. The van der Waals surface area contributed by atoms with E-state index in [9.17, 15) is 4.79 Å². The molecule has 0 radical (unpaired) electrons. The van der Waals surface area contributed by atoms with Crippen molar-refractivity contribution in [2.75, 3.05) is 43.1 Å². The molecule has 0 aliphatic carbocycles. The quantitative estimate of drug-likeness (QED) is 0.827. The summed E-state index contributed by atoms with van der Waals surface area (Å²) in [5, 5.41) is 3.00. The third-order valence-corrected chi connectivity index (χ3v) is 4.38. The van der Waals surface area contributed by atoms with E-state index >= 15 is 0 Å². The largest absolute Gasteiger partial charge is 0.494 e. The predicted octanol–water partition coefficient (Wildman–Crippen LogP) is 3.49. The highest BCUT2D eigenvalue weighted by molar-refractivity contribution is 5.91. The third-order valence-electron chi connectivity index (χ3n) is 4.38. The van der Waals surface area contributed by atoms with Crippen LogP contribution in [0.1, 0.15) is 18.9 Å². The van der Waals surface area contributed by atoms with E-state index < -0.39 is 0 Å². The molecule has 0 atom stereocenters. The molecular weight excluding hydrogens is 328 g/mol. The molecule has 1 saturated heterocycles. The van der Waals surface area contributed by atoms with Gasteiger partial charge >= 0.3 is 0 Å². The molecule has 1 heterocycles. The third kappa shape index (κ3) is 5.23. The number of rotatable bonds is 7. The number of carbonyl (C=O) groups excluding carboxylic acids is 1. The second-order valence-corrected chi connectivity index (χ2v) is 6.27. The van der Waals surface area contributed by atoms with E-state index in [0.717, 1.165) is 49.0 Å². The minimum Gasteiger partial charge on any atom is -0.494 e. The number of anilines is 2. The van der Waals surface area contributed by atoms with Crippen molar-refractivity contribution in [1.82, 2.24) is 0 Å². The van der Waals surface area contributed by atoms with Crippen LogP contribution in [0.3, 0.4) is 0 Å². The molecule has 5 heteroatoms. The normalized spacial score (nSPS) is 14.1. The fourth-order valence-corrected chi connectivity index (χ4v) is 3.00. The van der Waals surface area contributed by atoms with Crippen LogP contribution in [0.15, 0.2) is 48.5 Å². The number of amides is 1. The molecular formula is C21H26N2O3. The summed E-state index contributed by atoms with van der Waals surface area (Å²) in [5.41, 5.74) is 3.09. The summed E-state index contributed by atoms with van der Waals surface area (Å²) in [5.74, 6) is 0.888. The van der Waals surface area contributed by atoms with Gasteiger partial charge in [-0.25, -0.2) is 0 Å². The van der Waals surface area contributed by atoms with Gasteiger partial charge in [-0.3, -0.25) is 4.79 Å². The number of benzene rings is 2. The van der Waals surface area contributed by atoms with Crippen molar-refractivity contribution in [3.63, 3.8) is 0 Å². The van der Waals surface area contributed by atoms with Crippen molar-refractivity contribution in [3.05, 3.63) is 54.1 Å². The Morgan fingerprint density at radius 3 is 2.65 bits per heavy atom. The zero-order valence-electron chi connectivity index (χ0n) is 15.2. The molecule has 26 heavy (non-hydrogen) atoms. The van der Waals surface area contributed by atoms with Gasteiger partial charge in [0.15, 0.2) is 0 Å². The minimum atomic E-state index is 0.0259. The summed E-state index contributed by atoms with van der Waals surface area (Å²) in [6.45, 7) is 5.89. The van der Waals surface area contributed by atoms with Crippen molar-refractivity contribution < 1.29 is 14.3 Å². The molecule has 1 aliphatic rings. The van der Waals surface area contributed by atoms with Gasteiger partial charge < -0.3 is 19.7 Å². The molecule has 1 amide bonds. The van der Waals surface area contributed by atoms with E-state index in [-0.39, 0.29) is 5.91 Å². The molecule has 138 valence electrons. The Kier molecular flexibility index (Phi) is 6.50. The van der Waals surface area contributed by atoms with Gasteiger partial charge in [0.05, 0.1) is 19.8 Å². The molecule has 0 bridgehead atoms. The molecule has 0 unspecified atom stereocenters. The zero-order chi connectivity index (χ0) is 18.2. The van der Waals surface area contributed by atoms with E-state index in [1.807, 2.05) is 49.4 Å². The van der Waals surface area contributed by atoms with Gasteiger partial charge in [-0.05, 0) is 49.2 Å². The molecule has 1 fully saturated rings. The fourth-order valence-electron chi connectivity index (χ4n) is 3.00. The number of hydrogen-bond donors (Lipinski definition) is 1. The van der Waals surface area contributed by atoms with Crippen LogP contribution in [0.4, 0.5) is 11.4 Å². The molecule has 3 rings (SSSR count). The Morgan fingerprint density at radius 1 is 1.15 bits per heavy atom. The maximum absolute atomic E-state index is 12.3. The number of nitrogens with zero attached hydrogens (tertiary/aromatic N) is 1. The lowest BCUT2D eigenvalue weighted by Gasteiger charge is -2.29. The Balaban J connectivity index is 1.51. The SMILES string of the molecule is CCOc1ccc(CCC(=O)Nc2cccc(N3CCOCC3)c2)cc1. The molecule has 0 spiro atoms. The van der Waals surface area contributed by atoms with Gasteiger partial charge in [-0.2, -0.15) is 0 Å². The lowest BCUT2D eigenvalue weighted by Crippen LogP contribution is -2.36. The molecule has 1 aliphatic heterocycles. The van der Waals surface area contributed by atoms with Crippen molar-refractivity contribution >= 4 is 17.3 Å². The second kappa shape index (κ2) is 9.25.